The second kappa shape index (κ2) is 7.34. The average molecular weight is 298 g/mol. The van der Waals surface area contributed by atoms with Crippen molar-refractivity contribution in [3.63, 3.8) is 0 Å². The van der Waals surface area contributed by atoms with Crippen LogP contribution in [0, 0.1) is 17.1 Å². The van der Waals surface area contributed by atoms with Crippen molar-refractivity contribution in [2.45, 2.75) is 19.6 Å². The smallest absolute Gasteiger partial charge is 0.253 e. The van der Waals surface area contributed by atoms with Crippen molar-refractivity contribution in [1.29, 1.82) is 5.26 Å². The lowest BCUT2D eigenvalue weighted by molar-refractivity contribution is -0.127. The van der Waals surface area contributed by atoms with E-state index in [-0.39, 0.29) is 11.5 Å². The first-order chi connectivity index (χ1) is 10.6. The van der Waals surface area contributed by atoms with Gasteiger partial charge in [0.1, 0.15) is 18.0 Å². The first-order valence-corrected chi connectivity index (χ1v) is 6.76. The molecule has 2 aromatic carbocycles. The highest BCUT2D eigenvalue weighted by Gasteiger charge is 2.14. The Labute approximate surface area is 128 Å². The number of benzene rings is 2. The first-order valence-electron chi connectivity index (χ1n) is 6.76. The summed E-state index contributed by atoms with van der Waals surface area (Å²) in [6, 6.07) is 15.1. The number of amides is 1. The Balaban J connectivity index is 1.93. The molecule has 22 heavy (non-hydrogen) atoms. The highest BCUT2D eigenvalue weighted by atomic mass is 19.1. The van der Waals surface area contributed by atoms with Crippen LogP contribution < -0.4 is 5.32 Å². The second-order valence-corrected chi connectivity index (χ2v) is 4.73. The number of halogens is 1. The van der Waals surface area contributed by atoms with Gasteiger partial charge in [-0.1, -0.05) is 30.3 Å². The maximum atomic E-state index is 13.2. The van der Waals surface area contributed by atoms with Crippen molar-refractivity contribution in [2.75, 3.05) is 5.32 Å². The van der Waals surface area contributed by atoms with Crippen molar-refractivity contribution < 1.29 is 13.9 Å². The molecule has 2 aromatic rings. The van der Waals surface area contributed by atoms with Crippen molar-refractivity contribution in [3.05, 3.63) is 65.5 Å². The van der Waals surface area contributed by atoms with E-state index >= 15 is 0 Å². The van der Waals surface area contributed by atoms with Crippen LogP contribution in [0.25, 0.3) is 0 Å². The third kappa shape index (κ3) is 4.14. The number of anilines is 1. The number of nitrogens with zero attached hydrogens (tertiary/aromatic N) is 1. The largest absolute Gasteiger partial charge is 0.364 e. The van der Waals surface area contributed by atoms with Gasteiger partial charge in [0.25, 0.3) is 5.91 Å². The van der Waals surface area contributed by atoms with Crippen molar-refractivity contribution in [2.24, 2.45) is 0 Å². The molecule has 1 amide bonds. The van der Waals surface area contributed by atoms with Gasteiger partial charge >= 0.3 is 0 Å². The van der Waals surface area contributed by atoms with Crippen LogP contribution in [0.4, 0.5) is 10.1 Å². The Hall–Kier alpha value is -2.71. The van der Waals surface area contributed by atoms with Gasteiger partial charge in [0.05, 0.1) is 12.2 Å². The first kappa shape index (κ1) is 15.7. The number of carbonyl (C=O) groups is 1. The molecule has 0 fully saturated rings. The Bertz CT molecular complexity index is 696. The summed E-state index contributed by atoms with van der Waals surface area (Å²) in [5.41, 5.74) is 1.21. The fourth-order valence-electron chi connectivity index (χ4n) is 1.80. The summed E-state index contributed by atoms with van der Waals surface area (Å²) in [4.78, 5) is 12.0. The van der Waals surface area contributed by atoms with Gasteiger partial charge in [-0.25, -0.2) is 4.39 Å². The molecule has 0 saturated carbocycles. The van der Waals surface area contributed by atoms with Crippen molar-refractivity contribution in [1.82, 2.24) is 0 Å². The predicted molar refractivity (Wildman–Crippen MR) is 80.4 cm³/mol. The average Bonchev–Trinajstić information content (AvgIpc) is 2.55. The molecule has 5 heteroatoms. The molecule has 0 aliphatic carbocycles. The van der Waals surface area contributed by atoms with Gasteiger partial charge in [-0.2, -0.15) is 5.26 Å². The normalized spacial score (nSPS) is 11.5. The minimum absolute atomic E-state index is 0.115. The summed E-state index contributed by atoms with van der Waals surface area (Å²) in [5, 5.41) is 11.4. The maximum Gasteiger partial charge on any atom is 0.253 e. The quantitative estimate of drug-likeness (QED) is 0.921. The molecule has 4 nitrogen and oxygen atoms in total. The SMILES string of the molecule is CC(OCc1ccccc1)C(=O)Nc1ccc(F)c(C#N)c1. The molecule has 1 N–H and O–H groups in total. The van der Waals surface area contributed by atoms with E-state index in [0.717, 1.165) is 11.6 Å². The van der Waals surface area contributed by atoms with Gasteiger partial charge in [0.2, 0.25) is 0 Å². The van der Waals surface area contributed by atoms with Crippen molar-refractivity contribution in [3.8, 4) is 6.07 Å². The van der Waals surface area contributed by atoms with E-state index in [1.165, 1.54) is 12.1 Å². The third-order valence-corrected chi connectivity index (χ3v) is 3.07. The van der Waals surface area contributed by atoms with Crippen LogP contribution in [0.5, 0.6) is 0 Å². The number of nitriles is 1. The number of hydrogen-bond donors (Lipinski definition) is 1. The summed E-state index contributed by atoms with van der Waals surface area (Å²) in [6.45, 7) is 1.95. The molecule has 1 atom stereocenters. The fraction of sp³-hybridized carbons (Fsp3) is 0.176. The van der Waals surface area contributed by atoms with Crippen LogP contribution in [0.15, 0.2) is 48.5 Å². The van der Waals surface area contributed by atoms with E-state index in [9.17, 15) is 9.18 Å². The molecule has 2 rings (SSSR count). The zero-order chi connectivity index (χ0) is 15.9. The summed E-state index contributed by atoms with van der Waals surface area (Å²) in [6.07, 6.45) is -0.671. The van der Waals surface area contributed by atoms with Gasteiger partial charge in [0, 0.05) is 5.69 Å². The molecular formula is C17H15FN2O2. The van der Waals surface area contributed by atoms with Gasteiger partial charge in [0.15, 0.2) is 0 Å². The molecule has 0 bridgehead atoms. The summed E-state index contributed by atoms with van der Waals surface area (Å²) >= 11 is 0. The van der Waals surface area contributed by atoms with Crippen molar-refractivity contribution >= 4 is 11.6 Å². The van der Waals surface area contributed by atoms with E-state index in [4.69, 9.17) is 10.00 Å². The number of carbonyl (C=O) groups excluding carboxylic acids is 1. The van der Waals surface area contributed by atoms with Gasteiger partial charge in [-0.3, -0.25) is 4.79 Å². The minimum atomic E-state index is -0.671. The van der Waals surface area contributed by atoms with E-state index in [2.05, 4.69) is 5.32 Å². The van der Waals surface area contributed by atoms with Crippen LogP contribution >= 0.6 is 0 Å². The molecule has 0 aliphatic rings. The highest BCUT2D eigenvalue weighted by molar-refractivity contribution is 5.94. The Morgan fingerprint density at radius 1 is 1.32 bits per heavy atom. The molecular weight excluding hydrogens is 283 g/mol. The van der Waals surface area contributed by atoms with Crippen LogP contribution in [0.2, 0.25) is 0 Å². The fourth-order valence-corrected chi connectivity index (χ4v) is 1.80. The Morgan fingerprint density at radius 2 is 2.05 bits per heavy atom. The predicted octanol–water partition coefficient (Wildman–Crippen LogP) is 3.24. The topological polar surface area (TPSA) is 62.1 Å². The number of ether oxygens (including phenoxy) is 1. The summed E-state index contributed by atoms with van der Waals surface area (Å²) in [7, 11) is 0. The molecule has 112 valence electrons. The van der Waals surface area contributed by atoms with E-state index in [0.29, 0.717) is 12.3 Å². The van der Waals surface area contributed by atoms with E-state index in [1.54, 1.807) is 13.0 Å². The number of rotatable bonds is 5. The van der Waals surface area contributed by atoms with Crippen LogP contribution in [-0.2, 0) is 16.1 Å². The van der Waals surface area contributed by atoms with Crippen LogP contribution in [0.3, 0.4) is 0 Å². The lowest BCUT2D eigenvalue weighted by Crippen LogP contribution is -2.27. The van der Waals surface area contributed by atoms with Gasteiger partial charge in [-0.05, 0) is 30.7 Å². The maximum absolute atomic E-state index is 13.2. The number of hydrogen-bond acceptors (Lipinski definition) is 3. The van der Waals surface area contributed by atoms with E-state index < -0.39 is 11.9 Å². The zero-order valence-corrected chi connectivity index (χ0v) is 12.0. The van der Waals surface area contributed by atoms with Crippen LogP contribution in [0.1, 0.15) is 18.1 Å². The highest BCUT2D eigenvalue weighted by Crippen LogP contribution is 2.14. The van der Waals surface area contributed by atoms with Crippen LogP contribution in [-0.4, -0.2) is 12.0 Å². The lowest BCUT2D eigenvalue weighted by atomic mass is 10.2. The van der Waals surface area contributed by atoms with Gasteiger partial charge < -0.3 is 10.1 Å². The number of nitrogens with one attached hydrogen (secondary N) is 1. The minimum Gasteiger partial charge on any atom is -0.364 e. The summed E-state index contributed by atoms with van der Waals surface area (Å²) in [5.74, 6) is -0.972. The molecule has 1 unspecified atom stereocenters. The Kier molecular flexibility index (Phi) is 5.23. The third-order valence-electron chi connectivity index (χ3n) is 3.07. The monoisotopic (exact) mass is 298 g/mol. The lowest BCUT2D eigenvalue weighted by Gasteiger charge is -2.13. The molecule has 0 aromatic heterocycles. The Morgan fingerprint density at radius 3 is 2.73 bits per heavy atom. The molecule has 0 saturated heterocycles. The zero-order valence-electron chi connectivity index (χ0n) is 12.0. The molecule has 0 heterocycles. The standard InChI is InChI=1S/C17H15FN2O2/c1-12(22-11-13-5-3-2-4-6-13)17(21)20-15-7-8-16(18)14(9-15)10-19/h2-9,12H,11H2,1H3,(H,20,21). The second-order valence-electron chi connectivity index (χ2n) is 4.73. The molecule has 0 aliphatic heterocycles. The van der Waals surface area contributed by atoms with E-state index in [1.807, 2.05) is 30.3 Å². The molecule has 0 radical (unpaired) electrons. The molecule has 0 spiro atoms. The van der Waals surface area contributed by atoms with Gasteiger partial charge in [-0.15, -0.1) is 0 Å². The summed E-state index contributed by atoms with van der Waals surface area (Å²) < 4.78 is 18.7.